The first-order chi connectivity index (χ1) is 8.83. The molecule has 1 rings (SSSR count). The summed E-state index contributed by atoms with van der Waals surface area (Å²) in [6, 6.07) is 3.02. The monoisotopic (exact) mass is 291 g/mol. The molecule has 0 spiro atoms. The molecule has 1 aromatic heterocycles. The molecule has 1 N–H and O–H groups in total. The first kappa shape index (κ1) is 15.5. The summed E-state index contributed by atoms with van der Waals surface area (Å²) in [6.45, 7) is -1.34. The van der Waals surface area contributed by atoms with Crippen molar-refractivity contribution in [3.8, 4) is 11.8 Å². The summed E-state index contributed by atoms with van der Waals surface area (Å²) in [5.41, 5.74) is 0. The fraction of sp³-hybridized carbons (Fsp3) is 0.417. The lowest BCUT2D eigenvalue weighted by Crippen LogP contribution is -2.35. The topological polar surface area (TPSA) is 40.5 Å². The second-order valence-corrected chi connectivity index (χ2v) is 4.80. The highest BCUT2D eigenvalue weighted by Gasteiger charge is 2.31. The number of aliphatic hydroxyl groups excluding tert-OH is 1. The van der Waals surface area contributed by atoms with Crippen molar-refractivity contribution in [1.82, 2.24) is 4.90 Å². The summed E-state index contributed by atoms with van der Waals surface area (Å²) in [5.74, 6) is 4.72. The standard InChI is InChI=1S/C12H12F3NO2S/c1-16(8-12(13,14)15)11(18)10-6-5-9(19-10)4-2-3-7-17/h5-6,17H,3,7-8H2,1H3. The van der Waals surface area contributed by atoms with Crippen molar-refractivity contribution in [1.29, 1.82) is 0 Å². The van der Waals surface area contributed by atoms with E-state index in [0.717, 1.165) is 18.4 Å². The predicted molar refractivity (Wildman–Crippen MR) is 65.9 cm³/mol. The zero-order valence-electron chi connectivity index (χ0n) is 10.1. The van der Waals surface area contributed by atoms with Gasteiger partial charge >= 0.3 is 6.18 Å². The van der Waals surface area contributed by atoms with Gasteiger partial charge in [0.1, 0.15) is 6.54 Å². The number of hydrogen-bond acceptors (Lipinski definition) is 3. The molecule has 1 heterocycles. The van der Waals surface area contributed by atoms with Gasteiger partial charge in [-0.2, -0.15) is 13.2 Å². The molecular weight excluding hydrogens is 279 g/mol. The minimum absolute atomic E-state index is 0.0571. The van der Waals surface area contributed by atoms with E-state index in [4.69, 9.17) is 5.11 Å². The molecule has 0 saturated heterocycles. The maximum absolute atomic E-state index is 12.2. The molecule has 0 fully saturated rings. The SMILES string of the molecule is CN(CC(F)(F)F)C(=O)c1ccc(C#CCCO)s1. The molecule has 0 bridgehead atoms. The van der Waals surface area contributed by atoms with Crippen LogP contribution in [0.25, 0.3) is 0 Å². The lowest BCUT2D eigenvalue weighted by Gasteiger charge is -2.17. The van der Waals surface area contributed by atoms with Gasteiger partial charge in [0.25, 0.3) is 5.91 Å². The van der Waals surface area contributed by atoms with E-state index in [1.165, 1.54) is 6.07 Å². The third kappa shape index (κ3) is 5.32. The Morgan fingerprint density at radius 1 is 1.47 bits per heavy atom. The van der Waals surface area contributed by atoms with Gasteiger partial charge < -0.3 is 10.0 Å². The molecule has 0 aliphatic rings. The number of carbonyl (C=O) groups excluding carboxylic acids is 1. The molecule has 0 aliphatic heterocycles. The van der Waals surface area contributed by atoms with Crippen LogP contribution in [0.15, 0.2) is 12.1 Å². The number of alkyl halides is 3. The number of thiophene rings is 1. The molecule has 0 saturated carbocycles. The Balaban J connectivity index is 2.71. The summed E-state index contributed by atoms with van der Waals surface area (Å²) < 4.78 is 36.5. The van der Waals surface area contributed by atoms with E-state index in [2.05, 4.69) is 11.8 Å². The van der Waals surface area contributed by atoms with Crippen molar-refractivity contribution in [2.24, 2.45) is 0 Å². The smallest absolute Gasteiger partial charge is 0.395 e. The molecule has 3 nitrogen and oxygen atoms in total. The number of hydrogen-bond donors (Lipinski definition) is 1. The molecule has 0 aromatic carbocycles. The fourth-order valence-electron chi connectivity index (χ4n) is 1.25. The second-order valence-electron chi connectivity index (χ2n) is 3.72. The van der Waals surface area contributed by atoms with Gasteiger partial charge in [-0.1, -0.05) is 11.8 Å². The third-order valence-electron chi connectivity index (χ3n) is 2.03. The van der Waals surface area contributed by atoms with Gasteiger partial charge in [0.2, 0.25) is 0 Å². The van der Waals surface area contributed by atoms with Gasteiger partial charge in [-0.25, -0.2) is 0 Å². The number of amides is 1. The van der Waals surface area contributed by atoms with Crippen molar-refractivity contribution < 1.29 is 23.1 Å². The highest BCUT2D eigenvalue weighted by Crippen LogP contribution is 2.20. The largest absolute Gasteiger partial charge is 0.406 e. The minimum Gasteiger partial charge on any atom is -0.395 e. The van der Waals surface area contributed by atoms with Crippen molar-refractivity contribution in [3.63, 3.8) is 0 Å². The summed E-state index contributed by atoms with van der Waals surface area (Å²) in [6.07, 6.45) is -4.10. The molecule has 1 aromatic rings. The number of nitrogens with zero attached hydrogens (tertiary/aromatic N) is 1. The molecule has 0 aliphatic carbocycles. The Morgan fingerprint density at radius 2 is 2.16 bits per heavy atom. The van der Waals surface area contributed by atoms with Crippen LogP contribution in [0.3, 0.4) is 0 Å². The Hall–Kier alpha value is -1.52. The van der Waals surface area contributed by atoms with Crippen LogP contribution in [0.2, 0.25) is 0 Å². The van der Waals surface area contributed by atoms with E-state index in [1.807, 2.05) is 0 Å². The number of aliphatic hydroxyl groups is 1. The maximum Gasteiger partial charge on any atom is 0.406 e. The average Bonchev–Trinajstić information content (AvgIpc) is 2.75. The highest BCUT2D eigenvalue weighted by atomic mass is 32.1. The van der Waals surface area contributed by atoms with E-state index in [9.17, 15) is 18.0 Å². The fourth-order valence-corrected chi connectivity index (χ4v) is 2.13. The van der Waals surface area contributed by atoms with E-state index in [-0.39, 0.29) is 11.5 Å². The van der Waals surface area contributed by atoms with Crippen molar-refractivity contribution in [2.45, 2.75) is 12.6 Å². The van der Waals surface area contributed by atoms with E-state index >= 15 is 0 Å². The minimum atomic E-state index is -4.41. The normalized spacial score (nSPS) is 10.8. The first-order valence-electron chi connectivity index (χ1n) is 5.35. The van der Waals surface area contributed by atoms with Gasteiger partial charge in [0.05, 0.1) is 16.4 Å². The average molecular weight is 291 g/mol. The quantitative estimate of drug-likeness (QED) is 0.867. The van der Waals surface area contributed by atoms with Crippen LogP contribution in [-0.2, 0) is 0 Å². The van der Waals surface area contributed by atoms with Gasteiger partial charge in [-0.05, 0) is 12.1 Å². The van der Waals surface area contributed by atoms with Gasteiger partial charge in [0.15, 0.2) is 0 Å². The van der Waals surface area contributed by atoms with Crippen molar-refractivity contribution >= 4 is 17.2 Å². The Kier molecular flexibility index (Phi) is 5.39. The zero-order chi connectivity index (χ0) is 14.5. The van der Waals surface area contributed by atoms with Crippen LogP contribution in [0.4, 0.5) is 13.2 Å². The summed E-state index contributed by atoms with van der Waals surface area (Å²) in [5, 5.41) is 8.55. The van der Waals surface area contributed by atoms with Crippen LogP contribution in [0.5, 0.6) is 0 Å². The molecule has 1 amide bonds. The number of halogens is 3. The Bertz CT molecular complexity index is 499. The molecule has 19 heavy (non-hydrogen) atoms. The lowest BCUT2D eigenvalue weighted by molar-refractivity contribution is -0.138. The summed E-state index contributed by atoms with van der Waals surface area (Å²) in [7, 11) is 1.10. The lowest BCUT2D eigenvalue weighted by atomic mass is 10.3. The molecule has 0 atom stereocenters. The molecule has 0 unspecified atom stereocenters. The predicted octanol–water partition coefficient (Wildman–Crippen LogP) is 2.12. The number of rotatable bonds is 3. The highest BCUT2D eigenvalue weighted by molar-refractivity contribution is 7.14. The molecule has 7 heteroatoms. The Labute approximate surface area is 112 Å². The van der Waals surface area contributed by atoms with Crippen LogP contribution in [0.1, 0.15) is 21.0 Å². The van der Waals surface area contributed by atoms with E-state index in [0.29, 0.717) is 16.2 Å². The molecule has 0 radical (unpaired) electrons. The summed E-state index contributed by atoms with van der Waals surface area (Å²) >= 11 is 1.03. The summed E-state index contributed by atoms with van der Waals surface area (Å²) in [4.78, 5) is 13.1. The van der Waals surface area contributed by atoms with Gasteiger partial charge in [-0.15, -0.1) is 11.3 Å². The van der Waals surface area contributed by atoms with Crippen LogP contribution in [-0.4, -0.2) is 42.3 Å². The van der Waals surface area contributed by atoms with Crippen LogP contribution >= 0.6 is 11.3 Å². The van der Waals surface area contributed by atoms with Crippen LogP contribution in [0, 0.1) is 11.8 Å². The van der Waals surface area contributed by atoms with E-state index in [1.54, 1.807) is 6.07 Å². The Morgan fingerprint density at radius 3 is 2.74 bits per heavy atom. The van der Waals surface area contributed by atoms with Crippen LogP contribution < -0.4 is 0 Å². The van der Waals surface area contributed by atoms with Crippen molar-refractivity contribution in [2.75, 3.05) is 20.2 Å². The van der Waals surface area contributed by atoms with E-state index < -0.39 is 18.6 Å². The number of carbonyl (C=O) groups is 1. The second kappa shape index (κ2) is 6.59. The zero-order valence-corrected chi connectivity index (χ0v) is 10.9. The third-order valence-corrected chi connectivity index (χ3v) is 3.02. The molecule has 104 valence electrons. The van der Waals surface area contributed by atoms with Crippen molar-refractivity contribution in [3.05, 3.63) is 21.9 Å². The van der Waals surface area contributed by atoms with Gasteiger partial charge in [0, 0.05) is 13.5 Å². The molecular formula is C12H12F3NO2S. The first-order valence-corrected chi connectivity index (χ1v) is 6.17. The van der Waals surface area contributed by atoms with Gasteiger partial charge in [-0.3, -0.25) is 4.79 Å². The maximum atomic E-state index is 12.2.